The summed E-state index contributed by atoms with van der Waals surface area (Å²) in [6.07, 6.45) is 1.68. The number of fused-ring (bicyclic) bond motifs is 2. The van der Waals surface area contributed by atoms with Crippen molar-refractivity contribution in [3.05, 3.63) is 125 Å². The number of rotatable bonds is 6. The minimum atomic E-state index is -0.578. The largest absolute Gasteiger partial charge is 0.422 e. The molecule has 0 heterocycles. The van der Waals surface area contributed by atoms with Gasteiger partial charge in [0.15, 0.2) is 0 Å². The lowest BCUT2D eigenvalue weighted by molar-refractivity contribution is -0.120. The fraction of sp³-hybridized carbons (Fsp3) is 0.0333. The lowest BCUT2D eigenvalue weighted by Crippen LogP contribution is -2.20. The molecule has 0 fully saturated rings. The molecule has 0 saturated carbocycles. The van der Waals surface area contributed by atoms with Crippen molar-refractivity contribution in [3.63, 3.8) is 0 Å². The van der Waals surface area contributed by atoms with E-state index in [4.69, 9.17) is 16.3 Å². The van der Waals surface area contributed by atoms with Gasteiger partial charge < -0.3 is 4.74 Å². The van der Waals surface area contributed by atoms with Gasteiger partial charge in [-0.05, 0) is 45.3 Å². The number of hydrazone groups is 1. The quantitative estimate of drug-likeness (QED) is 0.126. The van der Waals surface area contributed by atoms with Crippen molar-refractivity contribution in [1.29, 1.82) is 0 Å². The molecule has 5 rings (SSSR count). The van der Waals surface area contributed by atoms with E-state index in [2.05, 4.69) is 10.5 Å². The van der Waals surface area contributed by atoms with Gasteiger partial charge in [0.25, 0.3) is 0 Å². The maximum absolute atomic E-state index is 12.8. The number of esters is 1. The Morgan fingerprint density at radius 3 is 2.25 bits per heavy atom. The Labute approximate surface area is 213 Å². The molecule has 5 nitrogen and oxygen atoms in total. The van der Waals surface area contributed by atoms with Gasteiger partial charge in [0.05, 0.1) is 23.2 Å². The summed E-state index contributed by atoms with van der Waals surface area (Å²) in [6.45, 7) is 0. The highest BCUT2D eigenvalue weighted by Gasteiger charge is 2.16. The average Bonchev–Trinajstić information content (AvgIpc) is 2.90. The SMILES string of the molecule is O=C(Cc1cccc2ccccc12)NN=Cc1c(OC(=O)c2ccccc2Cl)ccc2ccccc12. The van der Waals surface area contributed by atoms with Crippen LogP contribution in [0.25, 0.3) is 21.5 Å². The van der Waals surface area contributed by atoms with E-state index in [9.17, 15) is 9.59 Å². The van der Waals surface area contributed by atoms with Crippen LogP contribution in [0.2, 0.25) is 5.02 Å². The number of hydrogen-bond donors (Lipinski definition) is 1. The second-order valence-corrected chi connectivity index (χ2v) is 8.58. The molecule has 0 aliphatic heterocycles. The monoisotopic (exact) mass is 492 g/mol. The second-order valence-electron chi connectivity index (χ2n) is 8.18. The molecule has 0 unspecified atom stereocenters. The number of benzene rings is 5. The van der Waals surface area contributed by atoms with Crippen molar-refractivity contribution in [3.8, 4) is 5.75 Å². The first-order valence-electron chi connectivity index (χ1n) is 11.4. The molecule has 5 aromatic carbocycles. The van der Waals surface area contributed by atoms with Crippen molar-refractivity contribution in [2.24, 2.45) is 5.10 Å². The van der Waals surface area contributed by atoms with Gasteiger partial charge in [0.1, 0.15) is 5.75 Å². The molecular formula is C30H21ClN2O3. The third-order valence-electron chi connectivity index (χ3n) is 5.84. The zero-order valence-corrected chi connectivity index (χ0v) is 19.9. The summed E-state index contributed by atoms with van der Waals surface area (Å²) in [5.41, 5.74) is 4.35. The summed E-state index contributed by atoms with van der Waals surface area (Å²) in [7, 11) is 0. The summed E-state index contributed by atoms with van der Waals surface area (Å²) in [4.78, 5) is 25.5. The van der Waals surface area contributed by atoms with Gasteiger partial charge in [-0.1, -0.05) is 96.5 Å². The Bertz CT molecular complexity index is 1620. The lowest BCUT2D eigenvalue weighted by atomic mass is 10.0. The molecule has 1 N–H and O–H groups in total. The summed E-state index contributed by atoms with van der Waals surface area (Å²) < 4.78 is 5.69. The molecule has 0 aliphatic carbocycles. The molecular weight excluding hydrogens is 472 g/mol. The van der Waals surface area contributed by atoms with E-state index in [1.807, 2.05) is 72.8 Å². The van der Waals surface area contributed by atoms with Crippen molar-refractivity contribution >= 4 is 51.2 Å². The maximum Gasteiger partial charge on any atom is 0.345 e. The van der Waals surface area contributed by atoms with Crippen LogP contribution >= 0.6 is 11.6 Å². The number of amides is 1. The Balaban J connectivity index is 1.39. The van der Waals surface area contributed by atoms with Crippen molar-refractivity contribution in [1.82, 2.24) is 5.43 Å². The highest BCUT2D eigenvalue weighted by atomic mass is 35.5. The van der Waals surface area contributed by atoms with E-state index >= 15 is 0 Å². The van der Waals surface area contributed by atoms with Crippen LogP contribution in [-0.2, 0) is 11.2 Å². The summed E-state index contributed by atoms with van der Waals surface area (Å²) >= 11 is 6.17. The van der Waals surface area contributed by atoms with Crippen molar-refractivity contribution in [2.45, 2.75) is 6.42 Å². The Morgan fingerprint density at radius 1 is 0.778 bits per heavy atom. The minimum absolute atomic E-state index is 0.183. The second kappa shape index (κ2) is 10.4. The number of carbonyl (C=O) groups excluding carboxylic acids is 2. The molecule has 0 spiro atoms. The first kappa shape index (κ1) is 23.3. The number of halogens is 1. The van der Waals surface area contributed by atoms with E-state index in [0.29, 0.717) is 16.3 Å². The molecule has 36 heavy (non-hydrogen) atoms. The van der Waals surface area contributed by atoms with Crippen molar-refractivity contribution in [2.75, 3.05) is 0 Å². The minimum Gasteiger partial charge on any atom is -0.422 e. The Kier molecular flexibility index (Phi) is 6.74. The van der Waals surface area contributed by atoms with Crippen molar-refractivity contribution < 1.29 is 14.3 Å². The third-order valence-corrected chi connectivity index (χ3v) is 6.17. The van der Waals surface area contributed by atoms with Gasteiger partial charge >= 0.3 is 5.97 Å². The molecule has 176 valence electrons. The predicted molar refractivity (Wildman–Crippen MR) is 144 cm³/mol. The highest BCUT2D eigenvalue weighted by molar-refractivity contribution is 6.33. The van der Waals surface area contributed by atoms with Gasteiger partial charge in [-0.3, -0.25) is 4.79 Å². The molecule has 0 saturated heterocycles. The smallest absolute Gasteiger partial charge is 0.345 e. The molecule has 0 radical (unpaired) electrons. The van der Waals surface area contributed by atoms with E-state index in [1.165, 1.54) is 6.21 Å². The fourth-order valence-corrected chi connectivity index (χ4v) is 4.32. The predicted octanol–water partition coefficient (Wildman–Crippen LogP) is 6.56. The molecule has 0 aliphatic rings. The fourth-order valence-electron chi connectivity index (χ4n) is 4.11. The van der Waals surface area contributed by atoms with Crippen LogP contribution in [-0.4, -0.2) is 18.1 Å². The zero-order chi connectivity index (χ0) is 24.9. The van der Waals surface area contributed by atoms with Gasteiger partial charge in [-0.15, -0.1) is 0 Å². The third kappa shape index (κ3) is 4.97. The molecule has 0 aromatic heterocycles. The lowest BCUT2D eigenvalue weighted by Gasteiger charge is -2.11. The maximum atomic E-state index is 12.8. The number of nitrogens with one attached hydrogen (secondary N) is 1. The normalized spacial score (nSPS) is 11.1. The number of carbonyl (C=O) groups is 2. The van der Waals surface area contributed by atoms with Crippen LogP contribution in [0, 0.1) is 0 Å². The Hall–Kier alpha value is -4.48. The average molecular weight is 493 g/mol. The van der Waals surface area contributed by atoms with Crippen LogP contribution in [0.15, 0.2) is 108 Å². The Morgan fingerprint density at radius 2 is 1.44 bits per heavy atom. The highest BCUT2D eigenvalue weighted by Crippen LogP contribution is 2.28. The van der Waals surface area contributed by atoms with E-state index in [0.717, 1.165) is 27.1 Å². The molecule has 1 amide bonds. The van der Waals surface area contributed by atoms with Gasteiger partial charge in [0.2, 0.25) is 5.91 Å². The molecule has 6 heteroatoms. The van der Waals surface area contributed by atoms with Crippen LogP contribution in [0.1, 0.15) is 21.5 Å². The topological polar surface area (TPSA) is 67.8 Å². The van der Waals surface area contributed by atoms with Gasteiger partial charge in [-0.25, -0.2) is 10.2 Å². The number of nitrogens with zero attached hydrogens (tertiary/aromatic N) is 1. The molecule has 5 aromatic rings. The van der Waals surface area contributed by atoms with Gasteiger partial charge in [-0.2, -0.15) is 5.10 Å². The first-order chi connectivity index (χ1) is 17.6. The van der Waals surface area contributed by atoms with Crippen LogP contribution < -0.4 is 10.2 Å². The first-order valence-corrected chi connectivity index (χ1v) is 11.7. The standard InChI is InChI=1S/C30H21ClN2O3/c31-27-15-6-5-14-25(27)30(35)36-28-17-16-21-9-2-4-13-24(21)26(28)19-32-33-29(34)18-22-11-7-10-20-8-1-3-12-23(20)22/h1-17,19H,18H2,(H,33,34). The van der Waals surface area contributed by atoms with Gasteiger partial charge in [0, 0.05) is 5.56 Å². The summed E-state index contributed by atoms with van der Waals surface area (Å²) in [6, 6.07) is 31.7. The number of ether oxygens (including phenoxy) is 1. The summed E-state index contributed by atoms with van der Waals surface area (Å²) in [5.74, 6) is -0.520. The molecule has 0 atom stereocenters. The van der Waals surface area contributed by atoms with E-state index in [-0.39, 0.29) is 17.9 Å². The summed E-state index contributed by atoms with van der Waals surface area (Å²) in [5, 5.41) is 8.37. The van der Waals surface area contributed by atoms with Crippen LogP contribution in [0.5, 0.6) is 5.75 Å². The zero-order valence-electron chi connectivity index (χ0n) is 19.1. The number of hydrogen-bond acceptors (Lipinski definition) is 4. The molecule has 0 bridgehead atoms. The van der Waals surface area contributed by atoms with E-state index in [1.54, 1.807) is 30.3 Å². The van der Waals surface area contributed by atoms with Crippen LogP contribution in [0.3, 0.4) is 0 Å². The van der Waals surface area contributed by atoms with E-state index < -0.39 is 5.97 Å². The van der Waals surface area contributed by atoms with Crippen LogP contribution in [0.4, 0.5) is 0 Å².